The van der Waals surface area contributed by atoms with Crippen molar-refractivity contribution >= 4 is 61.5 Å². The fourth-order valence-electron chi connectivity index (χ4n) is 3.73. The van der Waals surface area contributed by atoms with Crippen LogP contribution in [0.3, 0.4) is 0 Å². The first-order chi connectivity index (χ1) is 15.9. The number of carbonyl (C=O) groups excluding carboxylic acids is 2. The molecule has 6 nitrogen and oxygen atoms in total. The number of ether oxygens (including phenoxy) is 2. The second kappa shape index (κ2) is 12.5. The number of nitrogens with one attached hydrogen (secondary N) is 2. The van der Waals surface area contributed by atoms with E-state index in [0.717, 1.165) is 55.0 Å². The zero-order chi connectivity index (χ0) is 23.8. The van der Waals surface area contributed by atoms with Gasteiger partial charge in [-0.2, -0.15) is 0 Å². The van der Waals surface area contributed by atoms with Crippen molar-refractivity contribution in [3.05, 3.63) is 44.2 Å². The number of carbonyl (C=O) groups is 2. The van der Waals surface area contributed by atoms with E-state index >= 15 is 0 Å². The number of hydrogen-bond donors (Lipinski definition) is 2. The number of rotatable bonds is 10. The van der Waals surface area contributed by atoms with E-state index in [1.165, 1.54) is 16.2 Å². The van der Waals surface area contributed by atoms with E-state index in [-0.39, 0.29) is 17.0 Å². The number of unbranched alkanes of at least 4 members (excludes halogenated alkanes) is 3. The van der Waals surface area contributed by atoms with Gasteiger partial charge in [-0.15, -0.1) is 11.3 Å². The molecule has 33 heavy (non-hydrogen) atoms. The van der Waals surface area contributed by atoms with E-state index in [2.05, 4.69) is 33.5 Å². The van der Waals surface area contributed by atoms with Crippen LogP contribution in [0.4, 0.5) is 5.00 Å². The third kappa shape index (κ3) is 6.77. The van der Waals surface area contributed by atoms with Crippen molar-refractivity contribution in [3.8, 4) is 5.75 Å². The number of aryl methyl sites for hydroxylation is 1. The first kappa shape index (κ1) is 25.6. The van der Waals surface area contributed by atoms with Gasteiger partial charge in [-0.05, 0) is 68.6 Å². The molecule has 0 unspecified atom stereocenters. The van der Waals surface area contributed by atoms with E-state index < -0.39 is 0 Å². The van der Waals surface area contributed by atoms with Gasteiger partial charge in [-0.3, -0.25) is 10.1 Å². The lowest BCUT2D eigenvalue weighted by atomic mass is 10.1. The van der Waals surface area contributed by atoms with E-state index in [9.17, 15) is 9.59 Å². The Morgan fingerprint density at radius 2 is 2.00 bits per heavy atom. The van der Waals surface area contributed by atoms with Gasteiger partial charge in [0.15, 0.2) is 5.11 Å². The van der Waals surface area contributed by atoms with Crippen LogP contribution < -0.4 is 15.4 Å². The largest absolute Gasteiger partial charge is 0.493 e. The molecule has 0 fully saturated rings. The Labute approximate surface area is 212 Å². The highest BCUT2D eigenvalue weighted by Crippen LogP contribution is 2.39. The standard InChI is InChI=1S/C24H29BrN2O4S2/c1-3-5-6-7-13-31-18-12-11-15(25)14-17(18)21(28)26-24(32)27-22-20(23(29)30-4-2)16-9-8-10-19(16)33-22/h11-12,14H,3-10,13H2,1-2H3,(H2,26,27,28,32). The molecule has 1 aromatic carbocycles. The van der Waals surface area contributed by atoms with Crippen LogP contribution in [0.1, 0.15) is 77.1 Å². The van der Waals surface area contributed by atoms with Crippen LogP contribution in [-0.4, -0.2) is 30.2 Å². The molecular weight excluding hydrogens is 524 g/mol. The second-order valence-electron chi connectivity index (χ2n) is 7.74. The molecule has 1 aromatic heterocycles. The van der Waals surface area contributed by atoms with Crippen molar-refractivity contribution in [1.82, 2.24) is 5.32 Å². The van der Waals surface area contributed by atoms with Crippen molar-refractivity contribution in [1.29, 1.82) is 0 Å². The average Bonchev–Trinajstić information content (AvgIpc) is 3.35. The minimum absolute atomic E-state index is 0.124. The van der Waals surface area contributed by atoms with Crippen LogP contribution in [0.25, 0.3) is 0 Å². The molecule has 3 rings (SSSR count). The highest BCUT2D eigenvalue weighted by atomic mass is 79.9. The summed E-state index contributed by atoms with van der Waals surface area (Å²) in [5.74, 6) is -0.226. The van der Waals surface area contributed by atoms with Crippen molar-refractivity contribution in [2.45, 2.75) is 58.8 Å². The zero-order valence-electron chi connectivity index (χ0n) is 18.9. The lowest BCUT2D eigenvalue weighted by Crippen LogP contribution is -2.34. The highest BCUT2D eigenvalue weighted by molar-refractivity contribution is 9.10. The number of anilines is 1. The quantitative estimate of drug-likeness (QED) is 0.206. The molecule has 1 aliphatic carbocycles. The van der Waals surface area contributed by atoms with Gasteiger partial charge in [0, 0.05) is 9.35 Å². The van der Waals surface area contributed by atoms with Crippen LogP contribution in [-0.2, 0) is 17.6 Å². The van der Waals surface area contributed by atoms with Gasteiger partial charge >= 0.3 is 5.97 Å². The van der Waals surface area contributed by atoms with Gasteiger partial charge in [-0.25, -0.2) is 4.79 Å². The maximum absolute atomic E-state index is 13.0. The Bertz CT molecular complexity index is 1020. The number of thiophene rings is 1. The highest BCUT2D eigenvalue weighted by Gasteiger charge is 2.28. The lowest BCUT2D eigenvalue weighted by Gasteiger charge is -2.14. The molecule has 2 N–H and O–H groups in total. The molecule has 178 valence electrons. The Kier molecular flexibility index (Phi) is 9.70. The second-order valence-corrected chi connectivity index (χ2v) is 10.2. The van der Waals surface area contributed by atoms with Crippen molar-refractivity contribution in [2.75, 3.05) is 18.5 Å². The van der Waals surface area contributed by atoms with Crippen LogP contribution >= 0.6 is 39.5 Å². The predicted molar refractivity (Wildman–Crippen MR) is 140 cm³/mol. The van der Waals surface area contributed by atoms with Gasteiger partial charge in [-0.1, -0.05) is 42.1 Å². The number of hydrogen-bond acceptors (Lipinski definition) is 6. The van der Waals surface area contributed by atoms with Crippen molar-refractivity contribution in [2.24, 2.45) is 0 Å². The van der Waals surface area contributed by atoms with Crippen LogP contribution in [0, 0.1) is 0 Å². The van der Waals surface area contributed by atoms with Gasteiger partial charge in [0.25, 0.3) is 5.91 Å². The minimum atomic E-state index is -0.376. The first-order valence-corrected chi connectivity index (χ1v) is 13.3. The minimum Gasteiger partial charge on any atom is -0.493 e. The van der Waals surface area contributed by atoms with Crippen molar-refractivity contribution in [3.63, 3.8) is 0 Å². The van der Waals surface area contributed by atoms with E-state index in [1.54, 1.807) is 19.1 Å². The topological polar surface area (TPSA) is 76.7 Å². The van der Waals surface area contributed by atoms with Gasteiger partial charge in [0.05, 0.1) is 24.3 Å². The summed E-state index contributed by atoms with van der Waals surface area (Å²) in [5, 5.41) is 6.51. The zero-order valence-corrected chi connectivity index (χ0v) is 22.1. The molecule has 1 amide bonds. The molecule has 0 saturated carbocycles. The maximum Gasteiger partial charge on any atom is 0.341 e. The molecule has 1 heterocycles. The van der Waals surface area contributed by atoms with E-state index in [0.29, 0.717) is 35.1 Å². The summed E-state index contributed by atoms with van der Waals surface area (Å²) in [6, 6.07) is 5.33. The molecule has 1 aliphatic rings. The summed E-state index contributed by atoms with van der Waals surface area (Å²) < 4.78 is 11.9. The normalized spacial score (nSPS) is 12.2. The van der Waals surface area contributed by atoms with Crippen LogP contribution in [0.5, 0.6) is 5.75 Å². The Balaban J connectivity index is 1.69. The monoisotopic (exact) mass is 552 g/mol. The molecule has 2 aromatic rings. The molecular formula is C24H29BrN2O4S2. The molecule has 0 aliphatic heterocycles. The average molecular weight is 554 g/mol. The van der Waals surface area contributed by atoms with Crippen LogP contribution in [0.2, 0.25) is 0 Å². The number of halogens is 1. The summed E-state index contributed by atoms with van der Waals surface area (Å²) >= 11 is 10.3. The summed E-state index contributed by atoms with van der Waals surface area (Å²) in [6.07, 6.45) is 7.15. The summed E-state index contributed by atoms with van der Waals surface area (Å²) in [4.78, 5) is 26.7. The summed E-state index contributed by atoms with van der Waals surface area (Å²) in [7, 11) is 0. The molecule has 0 saturated heterocycles. The van der Waals surface area contributed by atoms with Crippen molar-refractivity contribution < 1.29 is 19.1 Å². The predicted octanol–water partition coefficient (Wildman–Crippen LogP) is 6.26. The van der Waals surface area contributed by atoms with E-state index in [1.807, 2.05) is 6.07 Å². The molecule has 0 bridgehead atoms. The number of fused-ring (bicyclic) bond motifs is 1. The number of esters is 1. The fraction of sp³-hybridized carbons (Fsp3) is 0.458. The maximum atomic E-state index is 13.0. The summed E-state index contributed by atoms with van der Waals surface area (Å²) in [6.45, 7) is 4.79. The van der Waals surface area contributed by atoms with Crippen LogP contribution in [0.15, 0.2) is 22.7 Å². The third-order valence-corrected chi connectivity index (χ3v) is 7.20. The molecule has 0 spiro atoms. The Hall–Kier alpha value is -1.97. The van der Waals surface area contributed by atoms with Gasteiger partial charge in [0.2, 0.25) is 0 Å². The third-order valence-electron chi connectivity index (χ3n) is 5.30. The molecule has 0 atom stereocenters. The lowest BCUT2D eigenvalue weighted by molar-refractivity contribution is 0.0527. The summed E-state index contributed by atoms with van der Waals surface area (Å²) in [5.41, 5.74) is 1.95. The molecule has 0 radical (unpaired) electrons. The van der Waals surface area contributed by atoms with Gasteiger partial charge < -0.3 is 14.8 Å². The Morgan fingerprint density at radius 3 is 2.76 bits per heavy atom. The fourth-order valence-corrected chi connectivity index (χ4v) is 5.64. The first-order valence-electron chi connectivity index (χ1n) is 11.3. The molecule has 9 heteroatoms. The number of benzene rings is 1. The number of thiocarbonyl (C=S) groups is 1. The van der Waals surface area contributed by atoms with Gasteiger partial charge in [0.1, 0.15) is 10.8 Å². The Morgan fingerprint density at radius 1 is 1.18 bits per heavy atom. The SMILES string of the molecule is CCCCCCOc1ccc(Br)cc1C(=O)NC(=S)Nc1sc2c(c1C(=O)OCC)CCC2. The van der Waals surface area contributed by atoms with E-state index in [4.69, 9.17) is 21.7 Å². The number of amides is 1. The smallest absolute Gasteiger partial charge is 0.341 e.